The second-order valence-electron chi connectivity index (χ2n) is 9.62. The van der Waals surface area contributed by atoms with Crippen LogP contribution in [0.1, 0.15) is 64.2 Å². The van der Waals surface area contributed by atoms with Crippen LogP contribution in [0.15, 0.2) is 91.0 Å². The number of rotatable bonds is 6. The molecule has 0 aliphatic carbocycles. The van der Waals surface area contributed by atoms with Crippen LogP contribution in [0.4, 0.5) is 0 Å². The first-order valence-corrected chi connectivity index (χ1v) is 10.4. The van der Waals surface area contributed by atoms with Crippen LogP contribution in [0.25, 0.3) is 0 Å². The Morgan fingerprint density at radius 2 is 0.821 bits per heavy atom. The zero-order valence-electron chi connectivity index (χ0n) is 18.1. The van der Waals surface area contributed by atoms with Crippen molar-refractivity contribution in [1.82, 2.24) is 0 Å². The molecule has 0 bridgehead atoms. The highest BCUT2D eigenvalue weighted by atomic mass is 14.5. The first-order valence-electron chi connectivity index (χ1n) is 10.4. The predicted octanol–water partition coefficient (Wildman–Crippen LogP) is 7.78. The van der Waals surface area contributed by atoms with Gasteiger partial charge in [0.1, 0.15) is 0 Å². The van der Waals surface area contributed by atoms with E-state index in [2.05, 4.69) is 126 Å². The van der Waals surface area contributed by atoms with Crippen molar-refractivity contribution < 1.29 is 0 Å². The van der Waals surface area contributed by atoms with Crippen LogP contribution in [0.2, 0.25) is 0 Å². The summed E-state index contributed by atoms with van der Waals surface area (Å²) < 4.78 is 0. The molecule has 0 heteroatoms. The maximum absolute atomic E-state index is 2.47. The van der Waals surface area contributed by atoms with Crippen LogP contribution in [0.3, 0.4) is 0 Å². The predicted molar refractivity (Wildman–Crippen MR) is 122 cm³/mol. The highest BCUT2D eigenvalue weighted by molar-refractivity contribution is 5.47. The van der Waals surface area contributed by atoms with Gasteiger partial charge in [0.25, 0.3) is 0 Å². The van der Waals surface area contributed by atoms with Crippen LogP contribution < -0.4 is 0 Å². The molecule has 0 N–H and O–H groups in total. The maximum atomic E-state index is 2.47. The fourth-order valence-corrected chi connectivity index (χ4v) is 4.46. The molecule has 3 aromatic carbocycles. The molecule has 0 amide bonds. The van der Waals surface area contributed by atoms with Gasteiger partial charge in [0.15, 0.2) is 0 Å². The Morgan fingerprint density at radius 3 is 1.18 bits per heavy atom. The van der Waals surface area contributed by atoms with E-state index in [1.165, 1.54) is 23.1 Å². The van der Waals surface area contributed by atoms with E-state index in [0.29, 0.717) is 5.41 Å². The summed E-state index contributed by atoms with van der Waals surface area (Å²) in [5.41, 5.74) is 4.29. The average molecular weight is 371 g/mol. The van der Waals surface area contributed by atoms with Crippen molar-refractivity contribution in [3.8, 4) is 0 Å². The highest BCUT2D eigenvalue weighted by Gasteiger charge is 2.48. The van der Waals surface area contributed by atoms with Gasteiger partial charge in [-0.25, -0.2) is 0 Å². The molecule has 0 aromatic heterocycles. The first kappa shape index (κ1) is 20.4. The Bertz CT molecular complexity index is 817. The molecule has 0 saturated heterocycles. The van der Waals surface area contributed by atoms with Crippen LogP contribution >= 0.6 is 0 Å². The van der Waals surface area contributed by atoms with E-state index in [4.69, 9.17) is 0 Å². The zero-order valence-corrected chi connectivity index (χ0v) is 18.1. The molecule has 0 spiro atoms. The van der Waals surface area contributed by atoms with Gasteiger partial charge in [-0.05, 0) is 34.9 Å². The number of hydrogen-bond donors (Lipinski definition) is 0. The molecule has 0 nitrogen and oxygen atoms in total. The molecule has 0 aliphatic heterocycles. The Balaban J connectivity index is 2.26. The summed E-state index contributed by atoms with van der Waals surface area (Å²) in [5, 5.41) is 0. The monoisotopic (exact) mass is 370 g/mol. The van der Waals surface area contributed by atoms with E-state index in [-0.39, 0.29) is 10.8 Å². The van der Waals surface area contributed by atoms with Crippen molar-refractivity contribution in [1.29, 1.82) is 0 Å². The summed E-state index contributed by atoms with van der Waals surface area (Å²) in [6.45, 7) is 11.9. The second-order valence-corrected chi connectivity index (χ2v) is 9.62. The fraction of sp³-hybridized carbons (Fsp3) is 0.357. The summed E-state index contributed by atoms with van der Waals surface area (Å²) >= 11 is 0. The van der Waals surface area contributed by atoms with E-state index in [0.717, 1.165) is 6.42 Å². The normalized spacial score (nSPS) is 14.5. The highest BCUT2D eigenvalue weighted by Crippen LogP contribution is 2.52. The molecule has 146 valence electrons. The maximum Gasteiger partial charge on any atom is 0.0268 e. The average Bonchev–Trinajstić information content (AvgIpc) is 2.72. The molecule has 1 atom stereocenters. The minimum atomic E-state index is -0.137. The van der Waals surface area contributed by atoms with Gasteiger partial charge in [0.05, 0.1) is 0 Å². The summed E-state index contributed by atoms with van der Waals surface area (Å²) in [6, 6.07) is 33.2. The second kappa shape index (κ2) is 7.95. The van der Waals surface area contributed by atoms with Crippen molar-refractivity contribution in [2.45, 2.75) is 58.3 Å². The van der Waals surface area contributed by atoms with Gasteiger partial charge in [-0.15, -0.1) is 0 Å². The third-order valence-corrected chi connectivity index (χ3v) is 6.59. The SMILES string of the molecule is CC(C)(C)CC[C@](C)(c1ccccc1)C(C)(c1ccccc1)c1ccccc1. The van der Waals surface area contributed by atoms with Crippen molar-refractivity contribution in [3.63, 3.8) is 0 Å². The molecule has 0 aliphatic rings. The summed E-state index contributed by atoms with van der Waals surface area (Å²) in [6.07, 6.45) is 2.30. The smallest absolute Gasteiger partial charge is 0.0268 e. The topological polar surface area (TPSA) is 0 Å². The van der Waals surface area contributed by atoms with Crippen LogP contribution in [-0.4, -0.2) is 0 Å². The van der Waals surface area contributed by atoms with Crippen molar-refractivity contribution in [3.05, 3.63) is 108 Å². The minimum Gasteiger partial charge on any atom is -0.0622 e. The van der Waals surface area contributed by atoms with Crippen molar-refractivity contribution in [2.24, 2.45) is 5.41 Å². The van der Waals surface area contributed by atoms with Crippen LogP contribution in [0, 0.1) is 5.41 Å². The van der Waals surface area contributed by atoms with E-state index in [1.807, 2.05) is 0 Å². The summed E-state index contributed by atoms with van der Waals surface area (Å²) in [4.78, 5) is 0. The number of benzene rings is 3. The standard InChI is InChI=1S/C28H34/c1-26(2,3)21-22-27(4,23-15-9-6-10-16-23)28(5,24-17-11-7-12-18-24)25-19-13-8-14-20-25/h6-20H,21-22H2,1-5H3/t27-/m1/s1. The Labute approximate surface area is 171 Å². The van der Waals surface area contributed by atoms with Gasteiger partial charge >= 0.3 is 0 Å². The van der Waals surface area contributed by atoms with Gasteiger partial charge in [-0.1, -0.05) is 126 Å². The lowest BCUT2D eigenvalue weighted by Crippen LogP contribution is -2.46. The molecule has 28 heavy (non-hydrogen) atoms. The third kappa shape index (κ3) is 3.92. The summed E-state index contributed by atoms with van der Waals surface area (Å²) in [7, 11) is 0. The largest absolute Gasteiger partial charge is 0.0622 e. The first-order chi connectivity index (χ1) is 13.3. The lowest BCUT2D eigenvalue weighted by atomic mass is 9.53. The fourth-order valence-electron chi connectivity index (χ4n) is 4.46. The van der Waals surface area contributed by atoms with Crippen molar-refractivity contribution >= 4 is 0 Å². The zero-order chi connectivity index (χ0) is 20.3. The van der Waals surface area contributed by atoms with Crippen LogP contribution in [-0.2, 0) is 10.8 Å². The molecular formula is C28H34. The van der Waals surface area contributed by atoms with Gasteiger partial charge in [-0.3, -0.25) is 0 Å². The van der Waals surface area contributed by atoms with Gasteiger partial charge in [0, 0.05) is 10.8 Å². The van der Waals surface area contributed by atoms with E-state index in [9.17, 15) is 0 Å². The lowest BCUT2D eigenvalue weighted by Gasteiger charge is -2.49. The van der Waals surface area contributed by atoms with Crippen LogP contribution in [0.5, 0.6) is 0 Å². The van der Waals surface area contributed by atoms with E-state index < -0.39 is 0 Å². The lowest BCUT2D eigenvalue weighted by molar-refractivity contribution is 0.231. The van der Waals surface area contributed by atoms with E-state index in [1.54, 1.807) is 0 Å². The van der Waals surface area contributed by atoms with Crippen molar-refractivity contribution in [2.75, 3.05) is 0 Å². The Morgan fingerprint density at radius 1 is 0.464 bits per heavy atom. The molecular weight excluding hydrogens is 336 g/mol. The summed E-state index contributed by atoms with van der Waals surface area (Å²) in [5.74, 6) is 0. The van der Waals surface area contributed by atoms with Gasteiger partial charge < -0.3 is 0 Å². The third-order valence-electron chi connectivity index (χ3n) is 6.59. The van der Waals surface area contributed by atoms with E-state index >= 15 is 0 Å². The molecule has 0 radical (unpaired) electrons. The van der Waals surface area contributed by atoms with Gasteiger partial charge in [0.2, 0.25) is 0 Å². The number of hydrogen-bond acceptors (Lipinski definition) is 0. The molecule has 3 rings (SSSR count). The molecule has 0 heterocycles. The molecule has 0 unspecified atom stereocenters. The Hall–Kier alpha value is -2.34. The molecule has 0 fully saturated rings. The quantitative estimate of drug-likeness (QED) is 0.415. The molecule has 0 saturated carbocycles. The molecule has 3 aromatic rings. The van der Waals surface area contributed by atoms with Gasteiger partial charge in [-0.2, -0.15) is 0 Å². The minimum absolute atomic E-state index is 0.0375. The Kier molecular flexibility index (Phi) is 5.79.